The van der Waals surface area contributed by atoms with Gasteiger partial charge in [0.1, 0.15) is 18.3 Å². The number of likely N-dealkylation sites (N-methyl/N-ethyl adjacent to an activating group) is 1. The average Bonchev–Trinajstić information content (AvgIpc) is 2.95. The number of benzene rings is 2. The topological polar surface area (TPSA) is 96.0 Å². The zero-order valence-electron chi connectivity index (χ0n) is 25.3. The molecule has 9 heteroatoms. The molecule has 1 N–H and O–H groups in total. The summed E-state index contributed by atoms with van der Waals surface area (Å²) in [6.45, 7) is 3.87. The Kier molecular flexibility index (Phi) is 8.88. The summed E-state index contributed by atoms with van der Waals surface area (Å²) in [6, 6.07) is 14.5. The fraction of sp³-hybridized carbons (Fsp3) is 0.576. The van der Waals surface area contributed by atoms with Crippen LogP contribution in [-0.4, -0.2) is 57.6 Å². The Morgan fingerprint density at radius 3 is 2.14 bits per heavy atom. The first kappa shape index (κ1) is 30.4. The van der Waals surface area contributed by atoms with Crippen molar-refractivity contribution in [3.8, 4) is 5.75 Å². The van der Waals surface area contributed by atoms with Crippen LogP contribution < -0.4 is 14.4 Å². The third-order valence-electron chi connectivity index (χ3n) is 9.71. The van der Waals surface area contributed by atoms with Gasteiger partial charge in [0.15, 0.2) is 0 Å². The molecule has 1 atom stereocenters. The predicted molar refractivity (Wildman–Crippen MR) is 165 cm³/mol. The van der Waals surface area contributed by atoms with E-state index in [9.17, 15) is 18.0 Å². The zero-order chi connectivity index (χ0) is 30.1. The third kappa shape index (κ3) is 6.31. The lowest BCUT2D eigenvalue weighted by molar-refractivity contribution is -0.140. The lowest BCUT2D eigenvalue weighted by Gasteiger charge is -2.57. The quantitative estimate of drug-likeness (QED) is 0.378. The van der Waals surface area contributed by atoms with Crippen molar-refractivity contribution in [2.24, 2.45) is 17.8 Å². The molecular weight excluding hydrogens is 550 g/mol. The Bertz CT molecular complexity index is 1360. The van der Waals surface area contributed by atoms with E-state index in [4.69, 9.17) is 4.74 Å². The fourth-order valence-corrected chi connectivity index (χ4v) is 9.09. The number of rotatable bonds is 12. The molecule has 4 aliphatic carbocycles. The maximum absolute atomic E-state index is 13.9. The van der Waals surface area contributed by atoms with Crippen LogP contribution in [0.1, 0.15) is 69.9 Å². The first-order valence-electron chi connectivity index (χ1n) is 15.3. The van der Waals surface area contributed by atoms with E-state index >= 15 is 0 Å². The minimum absolute atomic E-state index is 0.147. The second-order valence-corrected chi connectivity index (χ2v) is 14.6. The summed E-state index contributed by atoms with van der Waals surface area (Å²) in [5, 5.41) is 2.83. The number of nitrogens with zero attached hydrogens (tertiary/aromatic N) is 2. The molecule has 2 aromatic carbocycles. The molecule has 0 aliphatic heterocycles. The van der Waals surface area contributed by atoms with E-state index in [0.29, 0.717) is 24.4 Å². The van der Waals surface area contributed by atoms with Crippen molar-refractivity contribution in [1.82, 2.24) is 10.2 Å². The highest BCUT2D eigenvalue weighted by Crippen LogP contribution is 2.60. The van der Waals surface area contributed by atoms with Crippen molar-refractivity contribution < 1.29 is 22.7 Å². The normalized spacial score (nSPS) is 25.1. The molecule has 4 saturated carbocycles. The van der Waals surface area contributed by atoms with E-state index in [1.807, 2.05) is 50.2 Å². The maximum Gasteiger partial charge on any atom is 0.244 e. The molecule has 0 aromatic heterocycles. The molecule has 4 aliphatic rings. The number of carbonyl (C=O) groups is 2. The van der Waals surface area contributed by atoms with E-state index in [2.05, 4.69) is 17.4 Å². The van der Waals surface area contributed by atoms with Crippen LogP contribution in [0.3, 0.4) is 0 Å². The molecule has 0 heterocycles. The molecular formula is C33H45N3O5S. The van der Waals surface area contributed by atoms with Gasteiger partial charge in [0.2, 0.25) is 21.8 Å². The van der Waals surface area contributed by atoms with E-state index in [0.717, 1.165) is 29.6 Å². The summed E-state index contributed by atoms with van der Waals surface area (Å²) >= 11 is 0. The van der Waals surface area contributed by atoms with Crippen LogP contribution in [0, 0.1) is 17.8 Å². The van der Waals surface area contributed by atoms with Gasteiger partial charge >= 0.3 is 0 Å². The van der Waals surface area contributed by atoms with Crippen molar-refractivity contribution in [1.29, 1.82) is 0 Å². The van der Waals surface area contributed by atoms with Gasteiger partial charge in [-0.25, -0.2) is 8.42 Å². The van der Waals surface area contributed by atoms with Crippen LogP contribution in [0.2, 0.25) is 0 Å². The summed E-state index contributed by atoms with van der Waals surface area (Å²) in [5.74, 6) is 2.38. The van der Waals surface area contributed by atoms with E-state index in [-0.39, 0.29) is 17.9 Å². The van der Waals surface area contributed by atoms with Gasteiger partial charge in [-0.3, -0.25) is 13.9 Å². The molecule has 4 fully saturated rings. The molecule has 4 bridgehead atoms. The number of carbonyl (C=O) groups excluding carboxylic acids is 2. The molecule has 8 nitrogen and oxygen atoms in total. The van der Waals surface area contributed by atoms with Gasteiger partial charge in [0.25, 0.3) is 0 Å². The van der Waals surface area contributed by atoms with Crippen LogP contribution >= 0.6 is 0 Å². The number of nitrogens with one attached hydrogen (secondary N) is 1. The summed E-state index contributed by atoms with van der Waals surface area (Å²) < 4.78 is 32.7. The number of amides is 2. The molecule has 1 unspecified atom stereocenters. The zero-order valence-corrected chi connectivity index (χ0v) is 26.2. The Morgan fingerprint density at radius 2 is 1.62 bits per heavy atom. The van der Waals surface area contributed by atoms with Gasteiger partial charge < -0.3 is 15.0 Å². The Labute approximate surface area is 250 Å². The van der Waals surface area contributed by atoms with E-state index in [1.165, 1.54) is 53.3 Å². The van der Waals surface area contributed by atoms with Crippen LogP contribution in [0.25, 0.3) is 0 Å². The summed E-state index contributed by atoms with van der Waals surface area (Å²) in [6.07, 6.45) is 9.28. The standard InChI is InChI=1S/C33H45N3O5S/c1-5-30(32(38)34-6-2)35(21-23-8-7-9-29(17-23)41-3)31(37)22-36(42(4,39)40)28-12-10-27(11-13-28)33-18-24-14-25(19-33)16-26(15-24)20-33/h7-13,17,24-26,30H,5-6,14-16,18-22H2,1-4H3,(H,34,38). The van der Waals surface area contributed by atoms with Gasteiger partial charge in [-0.1, -0.05) is 31.2 Å². The van der Waals surface area contributed by atoms with E-state index < -0.39 is 28.5 Å². The number of sulfonamides is 1. The highest BCUT2D eigenvalue weighted by Gasteiger charge is 2.51. The first-order valence-corrected chi connectivity index (χ1v) is 17.2. The van der Waals surface area contributed by atoms with Gasteiger partial charge in [0.05, 0.1) is 19.1 Å². The second-order valence-electron chi connectivity index (χ2n) is 12.7. The average molecular weight is 596 g/mol. The molecule has 0 spiro atoms. The number of anilines is 1. The molecule has 2 amide bonds. The van der Waals surface area contributed by atoms with Crippen LogP contribution in [-0.2, 0) is 31.6 Å². The first-order chi connectivity index (χ1) is 20.0. The lowest BCUT2D eigenvalue weighted by Crippen LogP contribution is -2.52. The number of methoxy groups -OCH3 is 1. The molecule has 2 aromatic rings. The van der Waals surface area contributed by atoms with Crippen LogP contribution in [0.5, 0.6) is 5.75 Å². The second kappa shape index (κ2) is 12.3. The number of hydrogen-bond donors (Lipinski definition) is 1. The highest BCUT2D eigenvalue weighted by atomic mass is 32.2. The third-order valence-corrected chi connectivity index (χ3v) is 10.8. The lowest BCUT2D eigenvalue weighted by atomic mass is 9.48. The van der Waals surface area contributed by atoms with Gasteiger partial charge in [-0.15, -0.1) is 0 Å². The highest BCUT2D eigenvalue weighted by molar-refractivity contribution is 7.92. The van der Waals surface area contributed by atoms with Gasteiger partial charge in [-0.2, -0.15) is 0 Å². The van der Waals surface area contributed by atoms with Crippen molar-refractivity contribution in [3.05, 3.63) is 59.7 Å². The Morgan fingerprint density at radius 1 is 1.00 bits per heavy atom. The van der Waals surface area contributed by atoms with Crippen LogP contribution in [0.4, 0.5) is 5.69 Å². The Balaban J connectivity index is 1.41. The van der Waals surface area contributed by atoms with Crippen molar-refractivity contribution >= 4 is 27.5 Å². The summed E-state index contributed by atoms with van der Waals surface area (Å²) in [4.78, 5) is 28.5. The maximum atomic E-state index is 13.9. The summed E-state index contributed by atoms with van der Waals surface area (Å²) in [5.41, 5.74) is 2.75. The molecule has 0 saturated heterocycles. The van der Waals surface area contributed by atoms with Crippen LogP contribution in [0.15, 0.2) is 48.5 Å². The monoisotopic (exact) mass is 595 g/mol. The smallest absolute Gasteiger partial charge is 0.244 e. The van der Waals surface area contributed by atoms with Crippen molar-refractivity contribution in [2.75, 3.05) is 30.8 Å². The van der Waals surface area contributed by atoms with E-state index in [1.54, 1.807) is 7.11 Å². The minimum atomic E-state index is -3.79. The van der Waals surface area contributed by atoms with Gasteiger partial charge in [-0.05, 0) is 110 Å². The molecule has 42 heavy (non-hydrogen) atoms. The molecule has 0 radical (unpaired) electrons. The number of ether oxygens (including phenoxy) is 1. The predicted octanol–water partition coefficient (Wildman–Crippen LogP) is 4.87. The minimum Gasteiger partial charge on any atom is -0.497 e. The Hall–Kier alpha value is -3.07. The van der Waals surface area contributed by atoms with Crippen molar-refractivity contribution in [2.45, 2.75) is 76.8 Å². The number of hydrogen-bond acceptors (Lipinski definition) is 5. The van der Waals surface area contributed by atoms with Gasteiger partial charge in [0, 0.05) is 13.1 Å². The summed E-state index contributed by atoms with van der Waals surface area (Å²) in [7, 11) is -2.21. The molecule has 6 rings (SSSR count). The SMILES string of the molecule is CCNC(=O)C(CC)N(Cc1cccc(OC)c1)C(=O)CN(c1ccc(C23CC4CC(CC(C4)C2)C3)cc1)S(C)(=O)=O. The van der Waals surface area contributed by atoms with Crippen molar-refractivity contribution in [3.63, 3.8) is 0 Å². The largest absolute Gasteiger partial charge is 0.497 e. The fourth-order valence-electron chi connectivity index (χ4n) is 8.24. The molecule has 228 valence electrons.